The number of carbonyl (C=O) groups excluding carboxylic acids is 1. The Kier molecular flexibility index (Phi) is 6.48. The van der Waals surface area contributed by atoms with Gasteiger partial charge in [0.1, 0.15) is 22.9 Å². The van der Waals surface area contributed by atoms with Gasteiger partial charge in [0.15, 0.2) is 11.6 Å². The van der Waals surface area contributed by atoms with Gasteiger partial charge in [-0.05, 0) is 64.4 Å². The van der Waals surface area contributed by atoms with Crippen molar-refractivity contribution < 1.29 is 13.6 Å². The number of benzene rings is 1. The molecule has 0 bridgehead atoms. The van der Waals surface area contributed by atoms with Gasteiger partial charge in [0, 0.05) is 42.7 Å². The number of nitrogens with zero attached hydrogens (tertiary/aromatic N) is 6. The van der Waals surface area contributed by atoms with Crippen LogP contribution in [0.3, 0.4) is 0 Å². The number of halogens is 2. The third kappa shape index (κ3) is 4.57. The monoisotopic (exact) mass is 546 g/mol. The Hall–Kier alpha value is -3.99. The van der Waals surface area contributed by atoms with Gasteiger partial charge in [-0.15, -0.1) is 0 Å². The first kappa shape index (κ1) is 26.2. The molecule has 2 N–H and O–H groups in total. The summed E-state index contributed by atoms with van der Waals surface area (Å²) in [6.45, 7) is 10.4. The number of aromatic nitrogens is 5. The molecule has 2 fully saturated rings. The normalized spacial score (nSPS) is 19.9. The van der Waals surface area contributed by atoms with Gasteiger partial charge in [-0.1, -0.05) is 6.07 Å². The number of anilines is 2. The highest BCUT2D eigenvalue weighted by Crippen LogP contribution is 2.40. The number of imidazole rings is 1. The van der Waals surface area contributed by atoms with E-state index >= 15 is 0 Å². The molecule has 11 heteroatoms. The predicted octanol–water partition coefficient (Wildman–Crippen LogP) is 5.07. The van der Waals surface area contributed by atoms with Gasteiger partial charge in [-0.25, -0.2) is 28.7 Å². The Balaban J connectivity index is 1.23. The van der Waals surface area contributed by atoms with Crippen molar-refractivity contribution in [3.8, 4) is 11.3 Å². The molecular formula is C29H32F2N8O. The van der Waals surface area contributed by atoms with Crippen LogP contribution in [0.15, 0.2) is 36.7 Å². The minimum Gasteiger partial charge on any atom is -0.335 e. The molecule has 1 unspecified atom stereocenters. The van der Waals surface area contributed by atoms with E-state index in [4.69, 9.17) is 0 Å². The van der Waals surface area contributed by atoms with E-state index in [9.17, 15) is 13.6 Å². The Labute approximate surface area is 231 Å². The summed E-state index contributed by atoms with van der Waals surface area (Å²) in [7, 11) is 0. The molecule has 4 aromatic rings. The van der Waals surface area contributed by atoms with Crippen molar-refractivity contribution in [3.63, 3.8) is 0 Å². The summed E-state index contributed by atoms with van der Waals surface area (Å²) < 4.78 is 31.8. The topological polar surface area (TPSA) is 101 Å². The van der Waals surface area contributed by atoms with Gasteiger partial charge in [0.25, 0.3) is 0 Å². The maximum atomic E-state index is 15.0. The van der Waals surface area contributed by atoms with E-state index in [1.807, 2.05) is 43.2 Å². The average molecular weight is 547 g/mol. The van der Waals surface area contributed by atoms with Gasteiger partial charge in [0.2, 0.25) is 11.9 Å². The van der Waals surface area contributed by atoms with Gasteiger partial charge in [-0.3, -0.25) is 4.79 Å². The van der Waals surface area contributed by atoms with E-state index in [1.165, 1.54) is 6.07 Å². The standard InChI is InChI=1S/C29H32F2N8O/c1-16(2)39-18(4)35-27-21(30)9-20(10-23(27)39)26-22(31)13-34-28(37-26)36-24-6-5-19(12-33-24)17(3)38-15-29(11-25(38)40)7-8-32-14-29/h5-6,9-10,12-13,16-17,32H,7-8,11,14-15H2,1-4H3,(H,33,34,36,37)/t17-,29?/m1/s1. The van der Waals surface area contributed by atoms with E-state index in [1.54, 1.807) is 18.3 Å². The number of pyridine rings is 1. The van der Waals surface area contributed by atoms with Crippen LogP contribution in [0.5, 0.6) is 0 Å². The highest BCUT2D eigenvalue weighted by Gasteiger charge is 2.46. The minimum absolute atomic E-state index is 0.0272. The first-order valence-corrected chi connectivity index (χ1v) is 13.6. The summed E-state index contributed by atoms with van der Waals surface area (Å²) in [5.41, 5.74) is 2.04. The number of rotatable bonds is 6. The van der Waals surface area contributed by atoms with Crippen LogP contribution in [0.1, 0.15) is 57.1 Å². The van der Waals surface area contributed by atoms with Gasteiger partial charge >= 0.3 is 0 Å². The molecule has 2 atom stereocenters. The van der Waals surface area contributed by atoms with E-state index in [2.05, 4.69) is 30.6 Å². The maximum absolute atomic E-state index is 15.0. The van der Waals surface area contributed by atoms with Crippen LogP contribution in [0.25, 0.3) is 22.3 Å². The molecule has 0 saturated carbocycles. The number of aryl methyl sites for hydroxylation is 1. The molecule has 208 valence electrons. The zero-order valence-corrected chi connectivity index (χ0v) is 23.0. The first-order valence-electron chi connectivity index (χ1n) is 13.6. The maximum Gasteiger partial charge on any atom is 0.229 e. The molecule has 0 aliphatic carbocycles. The number of fused-ring (bicyclic) bond motifs is 1. The van der Waals surface area contributed by atoms with E-state index in [-0.39, 0.29) is 46.1 Å². The third-order valence-electron chi connectivity index (χ3n) is 8.12. The highest BCUT2D eigenvalue weighted by atomic mass is 19.1. The molecule has 9 nitrogen and oxygen atoms in total. The number of hydrogen-bond acceptors (Lipinski definition) is 7. The third-order valence-corrected chi connectivity index (χ3v) is 8.12. The van der Waals surface area contributed by atoms with Crippen LogP contribution in [0.4, 0.5) is 20.5 Å². The summed E-state index contributed by atoms with van der Waals surface area (Å²) in [6, 6.07) is 6.58. The SMILES string of the molecule is Cc1nc2c(F)cc(-c3nc(Nc4ccc([C@@H](C)N5CC6(CCNC6)CC5=O)cn4)ncc3F)cc2n1C(C)C. The number of likely N-dealkylation sites (tertiary alicyclic amines) is 1. The van der Waals surface area contributed by atoms with Crippen LogP contribution < -0.4 is 10.6 Å². The molecule has 5 heterocycles. The van der Waals surface area contributed by atoms with Crippen molar-refractivity contribution in [3.05, 3.63) is 59.7 Å². The van der Waals surface area contributed by atoms with Crippen molar-refractivity contribution in [2.24, 2.45) is 5.41 Å². The summed E-state index contributed by atoms with van der Waals surface area (Å²) in [5, 5.41) is 6.39. The summed E-state index contributed by atoms with van der Waals surface area (Å²) >= 11 is 0. The van der Waals surface area contributed by atoms with Gasteiger partial charge < -0.3 is 20.1 Å². The summed E-state index contributed by atoms with van der Waals surface area (Å²) in [6.07, 6.45) is 4.38. The number of amides is 1. The van der Waals surface area contributed by atoms with Crippen LogP contribution in [0, 0.1) is 24.0 Å². The van der Waals surface area contributed by atoms with Crippen LogP contribution in [0.2, 0.25) is 0 Å². The van der Waals surface area contributed by atoms with Crippen molar-refractivity contribution in [2.45, 2.75) is 52.6 Å². The fourth-order valence-corrected chi connectivity index (χ4v) is 6.07. The molecular weight excluding hydrogens is 514 g/mol. The van der Waals surface area contributed by atoms with Crippen molar-refractivity contribution >= 4 is 28.7 Å². The molecule has 3 aromatic heterocycles. The number of carbonyl (C=O) groups is 1. The number of nitrogens with one attached hydrogen (secondary N) is 2. The molecule has 2 aliphatic heterocycles. The van der Waals surface area contributed by atoms with Crippen molar-refractivity contribution in [1.29, 1.82) is 0 Å². The lowest BCUT2D eigenvalue weighted by Gasteiger charge is -2.27. The minimum atomic E-state index is -0.667. The molecule has 6 rings (SSSR count). The molecule has 1 amide bonds. The highest BCUT2D eigenvalue weighted by molar-refractivity contribution is 5.83. The van der Waals surface area contributed by atoms with Crippen LogP contribution >= 0.6 is 0 Å². The summed E-state index contributed by atoms with van der Waals surface area (Å²) in [5.74, 6) is 0.239. The molecule has 40 heavy (non-hydrogen) atoms. The Morgan fingerprint density at radius 3 is 2.60 bits per heavy atom. The van der Waals surface area contributed by atoms with E-state index in [0.717, 1.165) is 37.8 Å². The van der Waals surface area contributed by atoms with Crippen molar-refractivity contribution in [2.75, 3.05) is 25.0 Å². The molecule has 2 aliphatic rings. The second-order valence-corrected chi connectivity index (χ2v) is 11.2. The van der Waals surface area contributed by atoms with Gasteiger partial charge in [-0.2, -0.15) is 0 Å². The van der Waals surface area contributed by atoms with Gasteiger partial charge in [0.05, 0.1) is 17.8 Å². The lowest BCUT2D eigenvalue weighted by molar-refractivity contribution is -0.129. The lowest BCUT2D eigenvalue weighted by Crippen LogP contribution is -2.32. The zero-order valence-electron chi connectivity index (χ0n) is 23.0. The Bertz CT molecular complexity index is 1590. The zero-order chi connectivity index (χ0) is 28.2. The molecule has 0 radical (unpaired) electrons. The van der Waals surface area contributed by atoms with Crippen molar-refractivity contribution in [1.82, 2.24) is 34.7 Å². The second-order valence-electron chi connectivity index (χ2n) is 11.2. The Morgan fingerprint density at radius 1 is 1.07 bits per heavy atom. The quantitative estimate of drug-likeness (QED) is 0.348. The smallest absolute Gasteiger partial charge is 0.229 e. The Morgan fingerprint density at radius 2 is 1.90 bits per heavy atom. The van der Waals surface area contributed by atoms with E-state index < -0.39 is 11.6 Å². The predicted molar refractivity (Wildman–Crippen MR) is 148 cm³/mol. The average Bonchev–Trinajstić information content (AvgIpc) is 3.61. The summed E-state index contributed by atoms with van der Waals surface area (Å²) in [4.78, 5) is 32.0. The first-order chi connectivity index (χ1) is 19.1. The number of hydrogen-bond donors (Lipinski definition) is 2. The molecule has 1 spiro atoms. The van der Waals surface area contributed by atoms with E-state index in [0.29, 0.717) is 23.6 Å². The fraction of sp³-hybridized carbons (Fsp3) is 0.414. The van der Waals surface area contributed by atoms with Crippen LogP contribution in [-0.2, 0) is 4.79 Å². The second kappa shape index (κ2) is 9.88. The molecule has 1 aromatic carbocycles. The fourth-order valence-electron chi connectivity index (χ4n) is 6.07. The molecule has 2 saturated heterocycles. The largest absolute Gasteiger partial charge is 0.335 e. The lowest BCUT2D eigenvalue weighted by atomic mass is 9.86. The van der Waals surface area contributed by atoms with Crippen LogP contribution in [-0.4, -0.2) is 54.9 Å².